The van der Waals surface area contributed by atoms with Gasteiger partial charge in [0.05, 0.1) is 46.3 Å². The van der Waals surface area contributed by atoms with Crippen molar-refractivity contribution in [3.63, 3.8) is 0 Å². The minimum absolute atomic E-state index is 0.00704. The van der Waals surface area contributed by atoms with E-state index >= 15 is 0 Å². The normalized spacial score (nSPS) is 15.3. The molecule has 0 unspecified atom stereocenters. The van der Waals surface area contributed by atoms with E-state index in [0.29, 0.717) is 23.9 Å². The van der Waals surface area contributed by atoms with Crippen molar-refractivity contribution in [3.8, 4) is 0 Å². The molecular weight excluding hydrogens is 959 g/mol. The lowest BCUT2D eigenvalue weighted by atomic mass is 9.79. The summed E-state index contributed by atoms with van der Waals surface area (Å²) in [5, 5.41) is 26.2. The fraction of sp³-hybridized carbons (Fsp3) is 1.00. The number of aliphatic hydroxyl groups excluding tert-OH is 1. The molecular formula is C55H125N3O10S3. The number of aliphatic hydroxyl groups is 3. The van der Waals surface area contributed by atoms with Crippen molar-refractivity contribution in [1.29, 1.82) is 0 Å². The van der Waals surface area contributed by atoms with E-state index in [1.165, 1.54) is 19.3 Å². The molecule has 0 aromatic carbocycles. The Balaban J connectivity index is -0.000000171. The zero-order chi connectivity index (χ0) is 58.3. The van der Waals surface area contributed by atoms with Crippen LogP contribution in [0.1, 0.15) is 252 Å². The van der Waals surface area contributed by atoms with Crippen molar-refractivity contribution >= 4 is 30.1 Å². The third kappa shape index (κ3) is 52.8. The Hall–Kier alpha value is -0.430. The first-order chi connectivity index (χ1) is 31.4. The molecule has 2 rings (SSSR count). The van der Waals surface area contributed by atoms with Gasteiger partial charge in [-0.3, -0.25) is 0 Å². The van der Waals surface area contributed by atoms with Gasteiger partial charge in [-0.15, -0.1) is 0 Å². The number of sulfonamides is 3. The highest BCUT2D eigenvalue weighted by atomic mass is 32.2. The van der Waals surface area contributed by atoms with Gasteiger partial charge in [-0.05, 0) is 177 Å². The highest BCUT2D eigenvalue weighted by molar-refractivity contribution is 7.90. The molecule has 71 heavy (non-hydrogen) atoms. The lowest BCUT2D eigenvalue weighted by molar-refractivity contribution is 0.00204. The molecule has 0 amide bonds. The van der Waals surface area contributed by atoms with Gasteiger partial charge in [0, 0.05) is 17.6 Å². The van der Waals surface area contributed by atoms with Crippen LogP contribution in [0.4, 0.5) is 0 Å². The molecule has 0 bridgehead atoms. The maximum absolute atomic E-state index is 11.2. The minimum atomic E-state index is -3.11. The maximum atomic E-state index is 11.2. The second kappa shape index (κ2) is 39.0. The molecule has 0 radical (unpaired) electrons. The van der Waals surface area contributed by atoms with Gasteiger partial charge in [-0.2, -0.15) is 0 Å². The monoisotopic (exact) mass is 1080 g/mol. The van der Waals surface area contributed by atoms with Gasteiger partial charge in [0.2, 0.25) is 30.1 Å². The summed E-state index contributed by atoms with van der Waals surface area (Å²) in [5.74, 6) is 4.41. The van der Waals surface area contributed by atoms with Crippen molar-refractivity contribution in [2.75, 3.05) is 13.2 Å². The molecule has 0 aromatic heterocycles. The van der Waals surface area contributed by atoms with Gasteiger partial charge in [0.25, 0.3) is 0 Å². The standard InChI is InChI=1S/C8H16O.2C8H18.C7H17NO2S.C7H16O.C6H13NO2S.C6H15NO2S.C5H12O2/c1-7(2)8(9)5-3-4-6-8;1-6-8(4,5)7(2)3;1-6(2)8(5)7(3)4;1-6(2)11(9,10)8-7(3,4)5;1-6(2)5-7(3,4)8;1-5(2)10(8,9)7-6-3-4-6;1-5(2)7-10(8,9)6(3)4;1-5(2)7-4-3-6/h7,9H,3-6H2,1-2H3;7H,6H2,1-5H3;6-8H,1-5H3;6,8H,1-5H3;6,8H,5H2,1-4H3;5-7H,3-4H2,1-2H3;5-7H,1-4H3;5-6H,3-4H2,1-2H3. The van der Waals surface area contributed by atoms with Gasteiger partial charge in [0.15, 0.2) is 0 Å². The number of rotatable bonds is 18. The Morgan fingerprint density at radius 2 is 1.00 bits per heavy atom. The highest BCUT2D eigenvalue weighted by Crippen LogP contribution is 2.35. The summed E-state index contributed by atoms with van der Waals surface area (Å²) >= 11 is 0. The topological polar surface area (TPSA) is 208 Å². The van der Waals surface area contributed by atoms with E-state index in [9.17, 15) is 35.5 Å². The Kier molecular flexibility index (Phi) is 45.0. The van der Waals surface area contributed by atoms with Crippen LogP contribution in [0.3, 0.4) is 0 Å². The first-order valence-corrected chi connectivity index (χ1v) is 31.8. The van der Waals surface area contributed by atoms with E-state index in [-0.39, 0.29) is 51.7 Å². The van der Waals surface area contributed by atoms with Crippen LogP contribution in [-0.2, 0) is 34.8 Å². The summed E-state index contributed by atoms with van der Waals surface area (Å²) in [6.07, 6.45) is 8.89. The number of hydrogen-bond acceptors (Lipinski definition) is 10. The van der Waals surface area contributed by atoms with E-state index in [1.54, 1.807) is 55.4 Å². The van der Waals surface area contributed by atoms with Crippen LogP contribution in [-0.4, -0.2) is 104 Å². The van der Waals surface area contributed by atoms with Crippen LogP contribution in [0.5, 0.6) is 0 Å². The molecule has 6 N–H and O–H groups in total. The molecule has 16 heteroatoms. The largest absolute Gasteiger partial charge is 0.394 e. The lowest BCUT2D eigenvalue weighted by Gasteiger charge is -2.27. The van der Waals surface area contributed by atoms with Crippen LogP contribution in [0.2, 0.25) is 0 Å². The van der Waals surface area contributed by atoms with Crippen molar-refractivity contribution in [2.45, 2.75) is 303 Å². The van der Waals surface area contributed by atoms with Crippen molar-refractivity contribution in [1.82, 2.24) is 14.2 Å². The summed E-state index contributed by atoms with van der Waals surface area (Å²) in [6.45, 7) is 58.6. The van der Waals surface area contributed by atoms with Crippen molar-refractivity contribution in [2.24, 2.45) is 40.9 Å². The zero-order valence-corrected chi connectivity index (χ0v) is 54.4. The van der Waals surface area contributed by atoms with Crippen LogP contribution < -0.4 is 14.2 Å². The van der Waals surface area contributed by atoms with E-state index < -0.39 is 35.7 Å². The van der Waals surface area contributed by atoms with E-state index in [0.717, 1.165) is 55.8 Å². The first kappa shape index (κ1) is 81.9. The van der Waals surface area contributed by atoms with E-state index in [4.69, 9.17) is 9.84 Å². The zero-order valence-electron chi connectivity index (χ0n) is 51.9. The summed E-state index contributed by atoms with van der Waals surface area (Å²) in [4.78, 5) is 0. The Bertz CT molecular complexity index is 1540. The molecule has 13 nitrogen and oxygen atoms in total. The second-order valence-electron chi connectivity index (χ2n) is 25.2. The number of hydrogen-bond donors (Lipinski definition) is 6. The molecule has 0 spiro atoms. The molecule has 438 valence electrons. The SMILES string of the molecule is CC(C)C(C)C(C)C.CC(C)C1(O)CCCC1.CC(C)CC(C)(C)O.CC(C)NS(=O)(=O)C(C)C.CC(C)OCCO.CC(C)S(=O)(=O)NC(C)(C)C.CC(C)S(=O)(=O)NC1CC1.CCC(C)(C)C(C)C. The number of nitrogens with one attached hydrogen (secondary N) is 3. The fourth-order valence-electron chi connectivity index (χ4n) is 5.61. The van der Waals surface area contributed by atoms with Gasteiger partial charge in [-0.1, -0.05) is 116 Å². The smallest absolute Gasteiger partial charge is 0.214 e. The molecule has 0 saturated heterocycles. The summed E-state index contributed by atoms with van der Waals surface area (Å²) in [7, 11) is -9.14. The van der Waals surface area contributed by atoms with E-state index in [2.05, 4.69) is 111 Å². The Morgan fingerprint density at radius 3 is 1.11 bits per heavy atom. The molecule has 0 atom stereocenters. The van der Waals surface area contributed by atoms with Crippen molar-refractivity contribution < 1.29 is 45.3 Å². The Morgan fingerprint density at radius 1 is 0.620 bits per heavy atom. The molecule has 2 aliphatic carbocycles. The Labute approximate surface area is 444 Å². The quantitative estimate of drug-likeness (QED) is 0.0765. The van der Waals surface area contributed by atoms with Gasteiger partial charge >= 0.3 is 0 Å². The third-order valence-electron chi connectivity index (χ3n) is 12.2. The highest BCUT2D eigenvalue weighted by Gasteiger charge is 2.34. The van der Waals surface area contributed by atoms with Gasteiger partial charge < -0.3 is 20.1 Å². The maximum Gasteiger partial charge on any atom is 0.214 e. The average molecular weight is 1080 g/mol. The van der Waals surface area contributed by atoms with Crippen LogP contribution in [0.15, 0.2) is 0 Å². The van der Waals surface area contributed by atoms with Crippen LogP contribution in [0.25, 0.3) is 0 Å². The molecule has 2 aliphatic rings. The summed E-state index contributed by atoms with van der Waals surface area (Å²) in [5.41, 5.74) is -0.614. The summed E-state index contributed by atoms with van der Waals surface area (Å²) < 4.78 is 79.3. The summed E-state index contributed by atoms with van der Waals surface area (Å²) in [6, 6.07) is 0.236. The van der Waals surface area contributed by atoms with Gasteiger partial charge in [-0.25, -0.2) is 39.4 Å². The molecule has 2 saturated carbocycles. The molecule has 0 aliphatic heterocycles. The minimum Gasteiger partial charge on any atom is -0.394 e. The van der Waals surface area contributed by atoms with E-state index in [1.807, 2.05) is 48.5 Å². The predicted octanol–water partition coefficient (Wildman–Crippen LogP) is 12.5. The second-order valence-corrected chi connectivity index (χ2v) is 31.9. The van der Waals surface area contributed by atoms with Crippen molar-refractivity contribution in [3.05, 3.63) is 0 Å². The third-order valence-corrected chi connectivity index (χ3v) is 18.3. The van der Waals surface area contributed by atoms with Crippen LogP contribution in [0, 0.1) is 40.9 Å². The van der Waals surface area contributed by atoms with Gasteiger partial charge in [0.1, 0.15) is 0 Å². The molecule has 0 heterocycles. The van der Waals surface area contributed by atoms with Crippen LogP contribution >= 0.6 is 0 Å². The fourth-order valence-corrected chi connectivity index (χ4v) is 8.60. The first-order valence-electron chi connectivity index (χ1n) is 27.1. The molecule has 0 aromatic rings. The average Bonchev–Trinajstić information content (AvgIpc) is 3.85. The number of ether oxygens (including phenoxy) is 1. The predicted molar refractivity (Wildman–Crippen MR) is 309 cm³/mol. The lowest BCUT2D eigenvalue weighted by Crippen LogP contribution is -2.43. The molecule has 2 fully saturated rings.